The molecule has 1 amide bonds. The zero-order valence-electron chi connectivity index (χ0n) is 9.88. The van der Waals surface area contributed by atoms with E-state index in [2.05, 4.69) is 11.9 Å². The minimum Gasteiger partial charge on any atom is -0.291 e. The number of fused-ring (bicyclic) bond motifs is 1. The van der Waals surface area contributed by atoms with E-state index in [4.69, 9.17) is 0 Å². The highest BCUT2D eigenvalue weighted by Gasteiger charge is 2.41. The van der Waals surface area contributed by atoms with E-state index >= 15 is 0 Å². The zero-order valence-corrected chi connectivity index (χ0v) is 10.7. The van der Waals surface area contributed by atoms with Gasteiger partial charge in [-0.15, -0.1) is 0 Å². The molecular weight excluding hydrogens is 232 g/mol. The summed E-state index contributed by atoms with van der Waals surface area (Å²) >= 11 is 1.57. The molecule has 0 unspecified atom stereocenters. The molecule has 88 valence electrons. The first-order chi connectivity index (χ1) is 8.16. The summed E-state index contributed by atoms with van der Waals surface area (Å²) in [5.41, 5.74) is 0.969. The van der Waals surface area contributed by atoms with E-state index in [0.717, 1.165) is 21.8 Å². The number of hydrogen-bond donors (Lipinski definition) is 0. The number of rotatable bonds is 2. The number of hydrogen-bond acceptors (Lipinski definition) is 3. The van der Waals surface area contributed by atoms with Crippen molar-refractivity contribution in [1.29, 1.82) is 0 Å². The van der Waals surface area contributed by atoms with Crippen molar-refractivity contribution in [2.24, 2.45) is 11.8 Å². The second-order valence-corrected chi connectivity index (χ2v) is 5.69. The third-order valence-corrected chi connectivity index (χ3v) is 4.44. The van der Waals surface area contributed by atoms with Crippen LogP contribution < -0.4 is 4.90 Å². The van der Waals surface area contributed by atoms with Crippen molar-refractivity contribution >= 4 is 32.6 Å². The number of nitrogens with zero attached hydrogens (tertiary/aromatic N) is 2. The number of carbonyl (C=O) groups excluding carboxylic acids is 1. The second kappa shape index (κ2) is 3.81. The molecule has 2 aromatic rings. The monoisotopic (exact) mass is 246 g/mol. The summed E-state index contributed by atoms with van der Waals surface area (Å²) in [6.07, 6.45) is 1.02. The van der Waals surface area contributed by atoms with E-state index in [1.54, 1.807) is 16.2 Å². The molecule has 1 aliphatic rings. The predicted molar refractivity (Wildman–Crippen MR) is 70.3 cm³/mol. The van der Waals surface area contributed by atoms with Gasteiger partial charge in [0, 0.05) is 13.0 Å². The first-order valence-corrected chi connectivity index (χ1v) is 6.61. The second-order valence-electron chi connectivity index (χ2n) is 4.68. The van der Waals surface area contributed by atoms with Gasteiger partial charge in [-0.2, -0.15) is 0 Å². The Morgan fingerprint density at radius 1 is 1.47 bits per heavy atom. The largest absolute Gasteiger partial charge is 0.291 e. The van der Waals surface area contributed by atoms with Crippen molar-refractivity contribution in [2.45, 2.75) is 13.3 Å². The van der Waals surface area contributed by atoms with Crippen LogP contribution in [0.25, 0.3) is 10.2 Å². The lowest BCUT2D eigenvalue weighted by Crippen LogP contribution is -2.27. The molecular formula is C13H14N2OS. The maximum Gasteiger partial charge on any atom is 0.231 e. The van der Waals surface area contributed by atoms with Crippen molar-refractivity contribution < 1.29 is 4.79 Å². The van der Waals surface area contributed by atoms with E-state index in [1.165, 1.54) is 0 Å². The Morgan fingerprint density at radius 3 is 2.82 bits per heavy atom. The molecule has 3 nitrogen and oxygen atoms in total. The quantitative estimate of drug-likeness (QED) is 0.816. The van der Waals surface area contributed by atoms with Gasteiger partial charge in [0.25, 0.3) is 0 Å². The Balaban J connectivity index is 1.90. The highest BCUT2D eigenvalue weighted by molar-refractivity contribution is 7.22. The molecule has 0 saturated heterocycles. The van der Waals surface area contributed by atoms with Gasteiger partial charge in [-0.1, -0.05) is 30.4 Å². The average molecular weight is 246 g/mol. The van der Waals surface area contributed by atoms with Gasteiger partial charge in [0.2, 0.25) is 5.91 Å². The molecule has 1 saturated carbocycles. The molecule has 0 aliphatic heterocycles. The zero-order chi connectivity index (χ0) is 12.0. The van der Waals surface area contributed by atoms with Crippen LogP contribution in [0.1, 0.15) is 13.3 Å². The highest BCUT2D eigenvalue weighted by Crippen LogP contribution is 2.40. The van der Waals surface area contributed by atoms with Crippen molar-refractivity contribution in [1.82, 2.24) is 4.98 Å². The van der Waals surface area contributed by atoms with Gasteiger partial charge in [0.05, 0.1) is 10.2 Å². The number of benzene rings is 1. The number of amides is 1. The summed E-state index contributed by atoms with van der Waals surface area (Å²) in [5.74, 6) is 0.961. The third kappa shape index (κ3) is 1.82. The van der Waals surface area contributed by atoms with Gasteiger partial charge in [-0.25, -0.2) is 4.98 Å². The smallest absolute Gasteiger partial charge is 0.231 e. The summed E-state index contributed by atoms with van der Waals surface area (Å²) in [7, 11) is 1.82. The number of anilines is 1. The summed E-state index contributed by atoms with van der Waals surface area (Å²) < 4.78 is 1.13. The van der Waals surface area contributed by atoms with Gasteiger partial charge in [-0.3, -0.25) is 9.69 Å². The molecule has 4 heteroatoms. The average Bonchev–Trinajstić information content (AvgIpc) is 2.92. The van der Waals surface area contributed by atoms with Crippen molar-refractivity contribution in [2.75, 3.05) is 11.9 Å². The summed E-state index contributed by atoms with van der Waals surface area (Å²) in [4.78, 5) is 18.3. The predicted octanol–water partition coefficient (Wildman–Crippen LogP) is 2.92. The van der Waals surface area contributed by atoms with Crippen LogP contribution in [-0.4, -0.2) is 17.9 Å². The molecule has 1 fully saturated rings. The van der Waals surface area contributed by atoms with Crippen molar-refractivity contribution in [3.8, 4) is 0 Å². The minimum atomic E-state index is 0.205. The fraction of sp³-hybridized carbons (Fsp3) is 0.385. The van der Waals surface area contributed by atoms with Gasteiger partial charge in [-0.05, 0) is 24.5 Å². The first kappa shape index (κ1) is 10.7. The maximum absolute atomic E-state index is 12.1. The fourth-order valence-electron chi connectivity index (χ4n) is 2.01. The Kier molecular flexibility index (Phi) is 2.40. The molecule has 1 aromatic heterocycles. The van der Waals surface area contributed by atoms with Gasteiger partial charge in [0.1, 0.15) is 0 Å². The Bertz CT molecular complexity index is 545. The molecule has 1 aliphatic carbocycles. The normalized spacial score (nSPS) is 22.7. The van der Waals surface area contributed by atoms with Gasteiger partial charge in [0.15, 0.2) is 5.13 Å². The SMILES string of the molecule is C[C@H]1C[C@@H]1C(=O)N(C)c1nc2ccccc2s1. The van der Waals surface area contributed by atoms with Crippen LogP contribution in [0.4, 0.5) is 5.13 Å². The molecule has 1 heterocycles. The molecule has 3 rings (SSSR count). The number of para-hydroxylation sites is 1. The van der Waals surface area contributed by atoms with Crippen LogP contribution >= 0.6 is 11.3 Å². The molecule has 1 aromatic carbocycles. The summed E-state index contributed by atoms with van der Waals surface area (Å²) in [5, 5.41) is 0.801. The number of carbonyl (C=O) groups is 1. The van der Waals surface area contributed by atoms with Crippen LogP contribution in [0.15, 0.2) is 24.3 Å². The lowest BCUT2D eigenvalue weighted by Gasteiger charge is -2.12. The van der Waals surface area contributed by atoms with E-state index in [9.17, 15) is 4.79 Å². The fourth-order valence-corrected chi connectivity index (χ4v) is 2.95. The van der Waals surface area contributed by atoms with Crippen molar-refractivity contribution in [3.63, 3.8) is 0 Å². The lowest BCUT2D eigenvalue weighted by atomic mass is 10.3. The van der Waals surface area contributed by atoms with E-state index < -0.39 is 0 Å². The third-order valence-electron chi connectivity index (χ3n) is 3.33. The lowest BCUT2D eigenvalue weighted by molar-refractivity contribution is -0.119. The number of aromatic nitrogens is 1. The van der Waals surface area contributed by atoms with Crippen LogP contribution in [0.3, 0.4) is 0 Å². The molecule has 0 N–H and O–H groups in total. The van der Waals surface area contributed by atoms with E-state index in [0.29, 0.717) is 5.92 Å². The Labute approximate surface area is 104 Å². The van der Waals surface area contributed by atoms with Gasteiger partial charge < -0.3 is 0 Å². The van der Waals surface area contributed by atoms with E-state index in [-0.39, 0.29) is 11.8 Å². The summed E-state index contributed by atoms with van der Waals surface area (Å²) in [6.45, 7) is 2.12. The molecule has 2 atom stereocenters. The summed E-state index contributed by atoms with van der Waals surface area (Å²) in [6, 6.07) is 7.98. The standard InChI is InChI=1S/C13H14N2OS/c1-8-7-9(8)12(16)15(2)13-14-10-5-3-4-6-11(10)17-13/h3-6,8-9H,7H2,1-2H3/t8-,9-/m0/s1. The maximum atomic E-state index is 12.1. The van der Waals surface area contributed by atoms with Crippen LogP contribution in [0.5, 0.6) is 0 Å². The van der Waals surface area contributed by atoms with Crippen LogP contribution in [0, 0.1) is 11.8 Å². The Hall–Kier alpha value is -1.42. The Morgan fingerprint density at radius 2 is 2.18 bits per heavy atom. The van der Waals surface area contributed by atoms with Crippen LogP contribution in [-0.2, 0) is 4.79 Å². The molecule has 0 bridgehead atoms. The highest BCUT2D eigenvalue weighted by atomic mass is 32.1. The van der Waals surface area contributed by atoms with Crippen molar-refractivity contribution in [3.05, 3.63) is 24.3 Å². The van der Waals surface area contributed by atoms with E-state index in [1.807, 2.05) is 31.3 Å². The number of thiazole rings is 1. The molecule has 0 spiro atoms. The first-order valence-electron chi connectivity index (χ1n) is 5.80. The van der Waals surface area contributed by atoms with Gasteiger partial charge >= 0.3 is 0 Å². The molecule has 0 radical (unpaired) electrons. The topological polar surface area (TPSA) is 33.2 Å². The minimum absolute atomic E-state index is 0.205. The molecule has 17 heavy (non-hydrogen) atoms. The van der Waals surface area contributed by atoms with Crippen LogP contribution in [0.2, 0.25) is 0 Å².